The molecule has 6 heteroatoms. The van der Waals surface area contributed by atoms with Gasteiger partial charge in [-0.05, 0) is 12.1 Å². The van der Waals surface area contributed by atoms with E-state index in [2.05, 4.69) is 15.4 Å². The summed E-state index contributed by atoms with van der Waals surface area (Å²) in [7, 11) is 0. The van der Waals surface area contributed by atoms with Gasteiger partial charge in [0.05, 0.1) is 6.20 Å². The van der Waals surface area contributed by atoms with E-state index in [1.807, 2.05) is 0 Å². The van der Waals surface area contributed by atoms with Crippen LogP contribution in [0.3, 0.4) is 0 Å². The lowest BCUT2D eigenvalue weighted by molar-refractivity contribution is 0.318. The molecule has 1 aromatic heterocycles. The molecular formula is C8H7FN4O. The number of nitrogens with two attached hydrogens (primary N) is 1. The molecule has 0 aliphatic rings. The second kappa shape index (κ2) is 2.99. The second-order valence-corrected chi connectivity index (χ2v) is 2.74. The molecule has 0 saturated carbocycles. The Bertz CT molecular complexity index is 505. The third-order valence-electron chi connectivity index (χ3n) is 1.95. The average Bonchev–Trinajstić information content (AvgIpc) is 2.67. The summed E-state index contributed by atoms with van der Waals surface area (Å²) in [4.78, 5) is 0. The van der Waals surface area contributed by atoms with Gasteiger partial charge in [-0.15, -0.1) is 0 Å². The van der Waals surface area contributed by atoms with Gasteiger partial charge < -0.3 is 10.9 Å². The van der Waals surface area contributed by atoms with Gasteiger partial charge in [-0.1, -0.05) is 5.16 Å². The van der Waals surface area contributed by atoms with Crippen LogP contribution in [0.4, 0.5) is 4.39 Å². The highest BCUT2D eigenvalue weighted by Gasteiger charge is 2.10. The molecule has 0 saturated heterocycles. The van der Waals surface area contributed by atoms with E-state index >= 15 is 0 Å². The normalized spacial score (nSPS) is 12.2. The number of halogens is 1. The van der Waals surface area contributed by atoms with Crippen molar-refractivity contribution in [2.75, 3.05) is 0 Å². The molecule has 0 atom stereocenters. The van der Waals surface area contributed by atoms with Gasteiger partial charge in [0, 0.05) is 10.9 Å². The van der Waals surface area contributed by atoms with Crippen molar-refractivity contribution in [2.24, 2.45) is 10.9 Å². The van der Waals surface area contributed by atoms with Crippen molar-refractivity contribution in [3.63, 3.8) is 0 Å². The Morgan fingerprint density at radius 3 is 3.07 bits per heavy atom. The molecule has 0 aliphatic heterocycles. The molecule has 2 rings (SSSR count). The Morgan fingerprint density at radius 1 is 1.57 bits per heavy atom. The van der Waals surface area contributed by atoms with Crippen molar-refractivity contribution >= 4 is 16.7 Å². The Labute approximate surface area is 78.0 Å². The molecule has 0 radical (unpaired) electrons. The zero-order valence-corrected chi connectivity index (χ0v) is 7.03. The lowest BCUT2D eigenvalue weighted by Crippen LogP contribution is -2.13. The summed E-state index contributed by atoms with van der Waals surface area (Å²) >= 11 is 0. The molecular weight excluding hydrogens is 187 g/mol. The molecule has 0 fully saturated rings. The molecule has 5 nitrogen and oxygen atoms in total. The number of oxime groups is 1. The number of H-pyrrole nitrogens is 1. The summed E-state index contributed by atoms with van der Waals surface area (Å²) in [6.07, 6.45) is 1.42. The second-order valence-electron chi connectivity index (χ2n) is 2.74. The van der Waals surface area contributed by atoms with Gasteiger partial charge in [0.15, 0.2) is 5.84 Å². The van der Waals surface area contributed by atoms with E-state index < -0.39 is 5.82 Å². The molecule has 0 aliphatic carbocycles. The lowest BCUT2D eigenvalue weighted by Gasteiger charge is -2.00. The van der Waals surface area contributed by atoms with Crippen molar-refractivity contribution in [1.82, 2.24) is 10.2 Å². The lowest BCUT2D eigenvalue weighted by atomic mass is 10.1. The smallest absolute Gasteiger partial charge is 0.170 e. The monoisotopic (exact) mass is 194 g/mol. The zero-order valence-electron chi connectivity index (χ0n) is 7.03. The number of hydrogen-bond acceptors (Lipinski definition) is 3. The van der Waals surface area contributed by atoms with E-state index in [0.29, 0.717) is 10.9 Å². The fourth-order valence-corrected chi connectivity index (χ4v) is 1.28. The number of hydrogen-bond donors (Lipinski definition) is 3. The summed E-state index contributed by atoms with van der Waals surface area (Å²) < 4.78 is 13.2. The first kappa shape index (κ1) is 8.49. The minimum atomic E-state index is -0.424. The fourth-order valence-electron chi connectivity index (χ4n) is 1.28. The highest BCUT2D eigenvalue weighted by molar-refractivity contribution is 6.07. The van der Waals surface area contributed by atoms with Crippen molar-refractivity contribution < 1.29 is 9.60 Å². The van der Waals surface area contributed by atoms with E-state index in [1.54, 1.807) is 0 Å². The molecule has 1 heterocycles. The van der Waals surface area contributed by atoms with Crippen molar-refractivity contribution in [1.29, 1.82) is 0 Å². The number of benzene rings is 1. The maximum absolute atomic E-state index is 13.2. The van der Waals surface area contributed by atoms with Crippen LogP contribution in [0.1, 0.15) is 5.56 Å². The summed E-state index contributed by atoms with van der Waals surface area (Å²) in [6.45, 7) is 0. The van der Waals surface area contributed by atoms with Crippen LogP contribution in [0.15, 0.2) is 23.5 Å². The van der Waals surface area contributed by atoms with Gasteiger partial charge in [0.1, 0.15) is 11.3 Å². The van der Waals surface area contributed by atoms with E-state index in [9.17, 15) is 4.39 Å². The molecule has 0 amide bonds. The fraction of sp³-hybridized carbons (Fsp3) is 0. The summed E-state index contributed by atoms with van der Waals surface area (Å²) in [5.41, 5.74) is 6.09. The minimum Gasteiger partial charge on any atom is -0.409 e. The topological polar surface area (TPSA) is 87.3 Å². The van der Waals surface area contributed by atoms with E-state index in [1.165, 1.54) is 18.3 Å². The predicted molar refractivity (Wildman–Crippen MR) is 48.6 cm³/mol. The minimum absolute atomic E-state index is 0.0728. The van der Waals surface area contributed by atoms with Gasteiger partial charge in [-0.25, -0.2) is 4.39 Å². The van der Waals surface area contributed by atoms with Gasteiger partial charge in [-0.3, -0.25) is 5.10 Å². The van der Waals surface area contributed by atoms with E-state index in [-0.39, 0.29) is 11.4 Å². The molecule has 72 valence electrons. The van der Waals surface area contributed by atoms with Gasteiger partial charge >= 0.3 is 0 Å². The van der Waals surface area contributed by atoms with Crippen LogP contribution in [0.2, 0.25) is 0 Å². The highest BCUT2D eigenvalue weighted by Crippen LogP contribution is 2.18. The van der Waals surface area contributed by atoms with E-state index in [4.69, 9.17) is 10.9 Å². The number of aromatic amines is 1. The summed E-state index contributed by atoms with van der Waals surface area (Å²) in [5, 5.41) is 18.0. The van der Waals surface area contributed by atoms with Gasteiger partial charge in [0.25, 0.3) is 0 Å². The number of fused-ring (bicyclic) bond motifs is 1. The molecule has 0 unspecified atom stereocenters. The van der Waals surface area contributed by atoms with Crippen LogP contribution >= 0.6 is 0 Å². The first-order chi connectivity index (χ1) is 6.74. The first-order valence-electron chi connectivity index (χ1n) is 3.83. The molecule has 14 heavy (non-hydrogen) atoms. The van der Waals surface area contributed by atoms with Crippen LogP contribution < -0.4 is 5.73 Å². The number of nitrogens with zero attached hydrogens (tertiary/aromatic N) is 2. The summed E-state index contributed by atoms with van der Waals surface area (Å²) in [5.74, 6) is -0.497. The van der Waals surface area contributed by atoms with Gasteiger partial charge in [0.2, 0.25) is 0 Å². The Balaban J connectivity index is 2.79. The Kier molecular flexibility index (Phi) is 1.81. The first-order valence-corrected chi connectivity index (χ1v) is 3.83. The van der Waals surface area contributed by atoms with Crippen LogP contribution in [-0.2, 0) is 0 Å². The molecule has 4 N–H and O–H groups in total. The third kappa shape index (κ3) is 1.08. The third-order valence-corrected chi connectivity index (χ3v) is 1.95. The maximum Gasteiger partial charge on any atom is 0.170 e. The van der Waals surface area contributed by atoms with Crippen molar-refractivity contribution in [3.8, 4) is 0 Å². The predicted octanol–water partition coefficient (Wildman–Crippen LogP) is 0.796. The number of nitrogens with one attached hydrogen (secondary N) is 1. The molecule has 0 bridgehead atoms. The average molecular weight is 194 g/mol. The van der Waals surface area contributed by atoms with Crippen LogP contribution in [0.25, 0.3) is 10.9 Å². The number of amidine groups is 1. The molecule has 1 aromatic carbocycles. The van der Waals surface area contributed by atoms with Crippen LogP contribution in [0.5, 0.6) is 0 Å². The zero-order chi connectivity index (χ0) is 10.1. The Morgan fingerprint density at radius 2 is 2.36 bits per heavy atom. The SMILES string of the molecule is N/C(=N\O)c1ccc(F)c2[nH]ncc12. The van der Waals surface area contributed by atoms with Crippen molar-refractivity contribution in [3.05, 3.63) is 29.7 Å². The molecule has 0 spiro atoms. The maximum atomic E-state index is 13.2. The van der Waals surface area contributed by atoms with Crippen molar-refractivity contribution in [2.45, 2.75) is 0 Å². The van der Waals surface area contributed by atoms with E-state index in [0.717, 1.165) is 0 Å². The summed E-state index contributed by atoms with van der Waals surface area (Å²) in [6, 6.07) is 2.66. The quantitative estimate of drug-likeness (QED) is 0.271. The standard InChI is InChI=1S/C8H7FN4O/c9-6-2-1-4(8(10)13-14)5-3-11-12-7(5)6/h1-3,14H,(H2,10,13)(H,11,12). The molecule has 2 aromatic rings. The number of aromatic nitrogens is 2. The largest absolute Gasteiger partial charge is 0.409 e. The highest BCUT2D eigenvalue weighted by atomic mass is 19.1. The van der Waals surface area contributed by atoms with Gasteiger partial charge in [-0.2, -0.15) is 5.10 Å². The van der Waals surface area contributed by atoms with Crippen LogP contribution in [-0.4, -0.2) is 21.2 Å². The van der Waals surface area contributed by atoms with Crippen LogP contribution in [0, 0.1) is 5.82 Å². The Hall–Kier alpha value is -2.11. The number of rotatable bonds is 1.